The number of nitro groups is 1. The Morgan fingerprint density at radius 1 is 1.55 bits per heavy atom. The molecule has 1 rings (SSSR count). The maximum atomic E-state index is 12.7. The highest BCUT2D eigenvalue weighted by Crippen LogP contribution is 2.32. The predicted octanol–water partition coefficient (Wildman–Crippen LogP) is 2.04. The Kier molecular flexibility index (Phi) is 5.30. The number of nitrogens with zero attached hydrogens (tertiary/aromatic N) is 2. The third-order valence-corrected chi connectivity index (χ3v) is 2.31. The lowest BCUT2D eigenvalue weighted by Crippen LogP contribution is -2.11. The highest BCUT2D eigenvalue weighted by atomic mass is 19.3. The Morgan fingerprint density at radius 2 is 2.20 bits per heavy atom. The molecular weight excluding hydrogens is 278 g/mol. The first-order valence-electron chi connectivity index (χ1n) is 5.56. The molecule has 1 aromatic heterocycles. The van der Waals surface area contributed by atoms with E-state index < -0.39 is 28.7 Å². The molecule has 0 amide bonds. The Labute approximate surface area is 112 Å². The zero-order valence-electron chi connectivity index (χ0n) is 10.8. The van der Waals surface area contributed by atoms with Crippen LogP contribution in [0.4, 0.5) is 14.5 Å². The Morgan fingerprint density at radius 3 is 2.65 bits per heavy atom. The number of carbonyl (C=O) groups excluding carboxylic acids is 1. The second-order valence-corrected chi connectivity index (χ2v) is 3.60. The molecule has 0 saturated carbocycles. The summed E-state index contributed by atoms with van der Waals surface area (Å²) in [5.41, 5.74) is -1.85. The van der Waals surface area contributed by atoms with Crippen molar-refractivity contribution in [3.63, 3.8) is 0 Å². The first-order chi connectivity index (χ1) is 9.40. The lowest BCUT2D eigenvalue weighted by Gasteiger charge is -2.09. The molecule has 0 fully saturated rings. The molecule has 1 heterocycles. The fraction of sp³-hybridized carbons (Fsp3) is 0.455. The molecule has 0 aromatic carbocycles. The van der Waals surface area contributed by atoms with Gasteiger partial charge in [0.05, 0.1) is 25.1 Å². The molecule has 0 spiro atoms. The van der Waals surface area contributed by atoms with Crippen LogP contribution in [0, 0.1) is 10.1 Å². The first-order valence-corrected chi connectivity index (χ1v) is 5.56. The average Bonchev–Trinajstić information content (AvgIpc) is 2.38. The molecule has 1 aromatic rings. The van der Waals surface area contributed by atoms with E-state index in [4.69, 9.17) is 4.74 Å². The second kappa shape index (κ2) is 6.73. The van der Waals surface area contributed by atoms with E-state index in [0.29, 0.717) is 0 Å². The highest BCUT2D eigenvalue weighted by molar-refractivity contribution is 5.73. The Balaban J connectivity index is 3.26. The van der Waals surface area contributed by atoms with Gasteiger partial charge in [0, 0.05) is 11.6 Å². The van der Waals surface area contributed by atoms with Gasteiger partial charge >= 0.3 is 5.97 Å². The summed E-state index contributed by atoms with van der Waals surface area (Å²) in [5, 5.41) is 10.8. The van der Waals surface area contributed by atoms with Crippen LogP contribution in [0.3, 0.4) is 0 Å². The van der Waals surface area contributed by atoms with Gasteiger partial charge in [-0.25, -0.2) is 13.8 Å². The summed E-state index contributed by atoms with van der Waals surface area (Å²) >= 11 is 0. The minimum absolute atomic E-state index is 0.0158. The van der Waals surface area contributed by atoms with Crippen LogP contribution in [0.15, 0.2) is 6.07 Å². The van der Waals surface area contributed by atoms with Gasteiger partial charge in [0.1, 0.15) is 0 Å². The van der Waals surface area contributed by atoms with Crippen LogP contribution in [0.25, 0.3) is 0 Å². The summed E-state index contributed by atoms with van der Waals surface area (Å²) in [6.07, 6.45) is -3.48. The monoisotopic (exact) mass is 290 g/mol. The van der Waals surface area contributed by atoms with Gasteiger partial charge in [-0.15, -0.1) is 0 Å². The number of hydrogen-bond donors (Lipinski definition) is 0. The fourth-order valence-electron chi connectivity index (χ4n) is 1.52. The number of methoxy groups -OCH3 is 1. The van der Waals surface area contributed by atoms with Gasteiger partial charge < -0.3 is 9.47 Å². The molecule has 0 aliphatic carbocycles. The molecular formula is C11H12F2N2O5. The molecule has 0 unspecified atom stereocenters. The van der Waals surface area contributed by atoms with Gasteiger partial charge in [-0.3, -0.25) is 14.9 Å². The van der Waals surface area contributed by atoms with Crippen LogP contribution in [-0.2, 0) is 16.0 Å². The normalized spacial score (nSPS) is 10.4. The number of esters is 1. The van der Waals surface area contributed by atoms with Gasteiger partial charge in [0.25, 0.3) is 12.1 Å². The number of halogens is 2. The first kappa shape index (κ1) is 15.7. The van der Waals surface area contributed by atoms with Crippen LogP contribution < -0.4 is 4.74 Å². The number of aromatic nitrogens is 1. The number of hydrogen-bond acceptors (Lipinski definition) is 6. The largest absolute Gasteiger partial charge is 0.481 e. The number of rotatable bonds is 6. The van der Waals surface area contributed by atoms with Crippen molar-refractivity contribution in [1.82, 2.24) is 4.98 Å². The van der Waals surface area contributed by atoms with Crippen molar-refractivity contribution in [3.05, 3.63) is 27.4 Å². The van der Waals surface area contributed by atoms with Crippen LogP contribution in [-0.4, -0.2) is 29.6 Å². The maximum Gasteiger partial charge on any atom is 0.310 e. The van der Waals surface area contributed by atoms with Gasteiger partial charge in [0.15, 0.2) is 5.69 Å². The minimum Gasteiger partial charge on any atom is -0.481 e. The van der Waals surface area contributed by atoms with E-state index in [2.05, 4.69) is 9.72 Å². The minimum atomic E-state index is -3.12. The van der Waals surface area contributed by atoms with E-state index in [-0.39, 0.29) is 24.5 Å². The van der Waals surface area contributed by atoms with Crippen molar-refractivity contribution in [2.45, 2.75) is 19.8 Å². The smallest absolute Gasteiger partial charge is 0.310 e. The molecule has 0 aliphatic heterocycles. The van der Waals surface area contributed by atoms with Crippen molar-refractivity contribution in [1.29, 1.82) is 0 Å². The maximum absolute atomic E-state index is 12.7. The van der Waals surface area contributed by atoms with Gasteiger partial charge in [0.2, 0.25) is 5.88 Å². The predicted molar refractivity (Wildman–Crippen MR) is 62.7 cm³/mol. The Hall–Kier alpha value is -2.32. The molecule has 0 aliphatic rings. The molecule has 0 N–H and O–H groups in total. The third-order valence-electron chi connectivity index (χ3n) is 2.31. The number of pyridine rings is 1. The van der Waals surface area contributed by atoms with Crippen molar-refractivity contribution in [2.75, 3.05) is 13.7 Å². The molecule has 7 nitrogen and oxygen atoms in total. The van der Waals surface area contributed by atoms with E-state index >= 15 is 0 Å². The van der Waals surface area contributed by atoms with Crippen molar-refractivity contribution in [3.8, 4) is 5.88 Å². The topological polar surface area (TPSA) is 91.6 Å². The second-order valence-electron chi connectivity index (χ2n) is 3.60. The summed E-state index contributed by atoms with van der Waals surface area (Å²) < 4.78 is 34.9. The summed E-state index contributed by atoms with van der Waals surface area (Å²) in [4.78, 5) is 24.5. The number of ether oxygens (including phenoxy) is 2. The van der Waals surface area contributed by atoms with E-state index in [1.54, 1.807) is 6.92 Å². The summed E-state index contributed by atoms with van der Waals surface area (Å²) in [5.74, 6) is -0.925. The van der Waals surface area contributed by atoms with E-state index in [1.807, 2.05) is 0 Å². The van der Waals surface area contributed by atoms with Gasteiger partial charge in [-0.2, -0.15) is 0 Å². The van der Waals surface area contributed by atoms with Crippen LogP contribution in [0.5, 0.6) is 5.88 Å². The van der Waals surface area contributed by atoms with Gasteiger partial charge in [-0.1, -0.05) is 0 Å². The lowest BCUT2D eigenvalue weighted by atomic mass is 10.1. The summed E-state index contributed by atoms with van der Waals surface area (Å²) in [6.45, 7) is 1.72. The van der Waals surface area contributed by atoms with Crippen LogP contribution in [0.1, 0.15) is 24.6 Å². The third kappa shape index (κ3) is 3.59. The van der Waals surface area contributed by atoms with Crippen molar-refractivity contribution < 1.29 is 28.0 Å². The molecule has 0 atom stereocenters. The quantitative estimate of drug-likeness (QED) is 0.452. The molecule has 0 radical (unpaired) electrons. The van der Waals surface area contributed by atoms with E-state index in [9.17, 15) is 23.7 Å². The molecule has 20 heavy (non-hydrogen) atoms. The van der Waals surface area contributed by atoms with E-state index in [1.165, 1.54) is 0 Å². The fourth-order valence-corrected chi connectivity index (χ4v) is 1.52. The summed E-state index contributed by atoms with van der Waals surface area (Å²) in [7, 11) is 1.16. The lowest BCUT2D eigenvalue weighted by molar-refractivity contribution is -0.386. The summed E-state index contributed by atoms with van der Waals surface area (Å²) in [6, 6.07) is 0.851. The van der Waals surface area contributed by atoms with Crippen LogP contribution in [0.2, 0.25) is 0 Å². The number of alkyl halides is 2. The molecule has 0 saturated heterocycles. The SMILES string of the molecule is CCOC(=O)Cc1cc([N+](=O)[O-])c(C(F)F)nc1OC. The highest BCUT2D eigenvalue weighted by Gasteiger charge is 2.27. The standard InChI is InChI=1S/C11H12F2N2O5/c1-3-20-8(16)5-6-4-7(15(17)18)9(10(12)13)14-11(6)19-2/h4,10H,3,5H2,1-2H3. The van der Waals surface area contributed by atoms with Crippen molar-refractivity contribution >= 4 is 11.7 Å². The Bertz CT molecular complexity index is 522. The zero-order valence-corrected chi connectivity index (χ0v) is 10.8. The zero-order chi connectivity index (χ0) is 15.3. The number of carbonyl (C=O) groups is 1. The molecule has 110 valence electrons. The average molecular weight is 290 g/mol. The van der Waals surface area contributed by atoms with Gasteiger partial charge in [-0.05, 0) is 6.92 Å². The van der Waals surface area contributed by atoms with E-state index in [0.717, 1.165) is 13.2 Å². The van der Waals surface area contributed by atoms with Crippen molar-refractivity contribution in [2.24, 2.45) is 0 Å². The molecule has 9 heteroatoms. The molecule has 0 bridgehead atoms. The van der Waals surface area contributed by atoms with Crippen LogP contribution >= 0.6 is 0 Å².